The molecule has 8 heteroatoms. The summed E-state index contributed by atoms with van der Waals surface area (Å²) in [6.07, 6.45) is 0. The van der Waals surface area contributed by atoms with Crippen molar-refractivity contribution >= 4 is 11.8 Å². The number of primary amides is 1. The van der Waals surface area contributed by atoms with Crippen LogP contribution < -0.4 is 11.1 Å². The molecule has 0 spiro atoms. The van der Waals surface area contributed by atoms with Crippen LogP contribution in [0, 0.1) is 12.7 Å². The van der Waals surface area contributed by atoms with Gasteiger partial charge in [0.15, 0.2) is 6.04 Å². The largest absolute Gasteiger partial charge is 0.423 e. The number of carbonyl (C=O) groups is 2. The number of aromatic nitrogens is 2. The second kappa shape index (κ2) is 5.47. The third kappa shape index (κ3) is 2.97. The van der Waals surface area contributed by atoms with Crippen LogP contribution in [0.4, 0.5) is 4.39 Å². The number of amides is 2. The van der Waals surface area contributed by atoms with Gasteiger partial charge in [0.05, 0.1) is 0 Å². The van der Waals surface area contributed by atoms with Gasteiger partial charge in [-0.15, -0.1) is 10.2 Å². The highest BCUT2D eigenvalue weighted by Gasteiger charge is 2.26. The summed E-state index contributed by atoms with van der Waals surface area (Å²) in [6.45, 7) is 1.54. The van der Waals surface area contributed by atoms with Crippen molar-refractivity contribution in [2.24, 2.45) is 5.73 Å². The van der Waals surface area contributed by atoms with Gasteiger partial charge >= 0.3 is 0 Å². The molecular weight excluding hydrogens is 267 g/mol. The lowest BCUT2D eigenvalue weighted by Gasteiger charge is -2.11. The molecule has 7 nitrogen and oxygen atoms in total. The minimum atomic E-state index is -1.24. The number of nitrogens with one attached hydrogen (secondary N) is 1. The smallest absolute Gasteiger partial charge is 0.252 e. The Balaban J connectivity index is 2.18. The van der Waals surface area contributed by atoms with Crippen molar-refractivity contribution in [2.45, 2.75) is 13.0 Å². The predicted molar refractivity (Wildman–Crippen MR) is 64.8 cm³/mol. The summed E-state index contributed by atoms with van der Waals surface area (Å²) >= 11 is 0. The minimum absolute atomic E-state index is 0.106. The van der Waals surface area contributed by atoms with E-state index in [0.29, 0.717) is 0 Å². The van der Waals surface area contributed by atoms with E-state index in [-0.39, 0.29) is 17.3 Å². The van der Waals surface area contributed by atoms with E-state index < -0.39 is 23.7 Å². The number of aryl methyl sites for hydroxylation is 1. The van der Waals surface area contributed by atoms with Crippen LogP contribution in [0.2, 0.25) is 0 Å². The molecular formula is C12H11FN4O3. The van der Waals surface area contributed by atoms with Crippen LogP contribution in [-0.2, 0) is 4.79 Å². The summed E-state index contributed by atoms with van der Waals surface area (Å²) in [5.74, 6) is -1.79. The van der Waals surface area contributed by atoms with Crippen LogP contribution >= 0.6 is 0 Å². The van der Waals surface area contributed by atoms with Crippen molar-refractivity contribution in [3.05, 3.63) is 47.4 Å². The molecule has 0 aliphatic carbocycles. The first kappa shape index (κ1) is 13.7. The summed E-state index contributed by atoms with van der Waals surface area (Å²) in [5, 5.41) is 9.54. The average Bonchev–Trinajstić information content (AvgIpc) is 2.82. The molecule has 1 aromatic carbocycles. The monoisotopic (exact) mass is 278 g/mol. The Morgan fingerprint density at radius 1 is 1.30 bits per heavy atom. The number of halogens is 1. The number of benzene rings is 1. The molecule has 0 aliphatic rings. The maximum atomic E-state index is 12.8. The topological polar surface area (TPSA) is 111 Å². The van der Waals surface area contributed by atoms with E-state index in [4.69, 9.17) is 10.2 Å². The normalized spacial score (nSPS) is 11.9. The number of nitrogens with zero attached hydrogens (tertiary/aromatic N) is 2. The maximum Gasteiger partial charge on any atom is 0.252 e. The van der Waals surface area contributed by atoms with Crippen molar-refractivity contribution in [3.63, 3.8) is 0 Å². The van der Waals surface area contributed by atoms with Gasteiger partial charge in [0.25, 0.3) is 5.91 Å². The number of carbonyl (C=O) groups excluding carboxylic acids is 2. The molecule has 1 aromatic heterocycles. The van der Waals surface area contributed by atoms with Crippen LogP contribution in [0.5, 0.6) is 0 Å². The lowest BCUT2D eigenvalue weighted by Crippen LogP contribution is -2.37. The minimum Gasteiger partial charge on any atom is -0.423 e. The van der Waals surface area contributed by atoms with E-state index >= 15 is 0 Å². The van der Waals surface area contributed by atoms with Crippen molar-refractivity contribution in [1.82, 2.24) is 15.5 Å². The molecule has 104 valence electrons. The predicted octanol–water partition coefficient (Wildman–Crippen LogP) is 0.474. The van der Waals surface area contributed by atoms with Crippen molar-refractivity contribution in [1.29, 1.82) is 0 Å². The molecule has 0 aliphatic heterocycles. The molecule has 0 bridgehead atoms. The molecule has 1 atom stereocenters. The maximum absolute atomic E-state index is 12.8. The van der Waals surface area contributed by atoms with Gasteiger partial charge in [-0.25, -0.2) is 4.39 Å². The van der Waals surface area contributed by atoms with Crippen LogP contribution in [0.25, 0.3) is 0 Å². The Labute approximate surface area is 113 Å². The molecule has 20 heavy (non-hydrogen) atoms. The van der Waals surface area contributed by atoms with E-state index in [1.807, 2.05) is 0 Å². The quantitative estimate of drug-likeness (QED) is 0.844. The standard InChI is InChI=1S/C12H11FN4O3/c1-6-16-17-12(20-6)9(10(14)18)15-11(19)7-2-4-8(13)5-3-7/h2-5,9H,1H3,(H2,14,18)(H,15,19). The van der Waals surface area contributed by atoms with Gasteiger partial charge in [-0.2, -0.15) is 0 Å². The van der Waals surface area contributed by atoms with Crippen molar-refractivity contribution in [2.75, 3.05) is 0 Å². The molecule has 0 fully saturated rings. The Hall–Kier alpha value is -2.77. The fourth-order valence-electron chi connectivity index (χ4n) is 1.50. The van der Waals surface area contributed by atoms with Gasteiger partial charge in [-0.05, 0) is 24.3 Å². The molecule has 0 radical (unpaired) electrons. The van der Waals surface area contributed by atoms with Crippen LogP contribution in [0.3, 0.4) is 0 Å². The molecule has 3 N–H and O–H groups in total. The number of hydrogen-bond donors (Lipinski definition) is 2. The Bertz CT molecular complexity index is 638. The molecule has 2 amide bonds. The first-order valence-electron chi connectivity index (χ1n) is 5.63. The number of nitrogens with two attached hydrogens (primary N) is 1. The second-order valence-corrected chi connectivity index (χ2v) is 3.98. The summed E-state index contributed by atoms with van der Waals surface area (Å²) < 4.78 is 17.8. The average molecular weight is 278 g/mol. The zero-order valence-electron chi connectivity index (χ0n) is 10.5. The highest BCUT2D eigenvalue weighted by molar-refractivity contribution is 5.97. The summed E-state index contributed by atoms with van der Waals surface area (Å²) in [7, 11) is 0. The zero-order valence-corrected chi connectivity index (χ0v) is 10.5. The highest BCUT2D eigenvalue weighted by atomic mass is 19.1. The van der Waals surface area contributed by atoms with Gasteiger partial charge in [0, 0.05) is 12.5 Å². The molecule has 2 aromatic rings. The summed E-state index contributed by atoms with van der Waals surface area (Å²) in [5.41, 5.74) is 5.36. The van der Waals surface area contributed by atoms with Gasteiger partial charge in [-0.1, -0.05) is 0 Å². The summed E-state index contributed by atoms with van der Waals surface area (Å²) in [4.78, 5) is 23.3. The first-order chi connectivity index (χ1) is 9.47. The lowest BCUT2D eigenvalue weighted by atomic mass is 10.2. The van der Waals surface area contributed by atoms with Crippen LogP contribution in [0.15, 0.2) is 28.7 Å². The van der Waals surface area contributed by atoms with E-state index in [9.17, 15) is 14.0 Å². The molecule has 1 heterocycles. The van der Waals surface area contributed by atoms with Gasteiger partial charge in [-0.3, -0.25) is 9.59 Å². The van der Waals surface area contributed by atoms with Gasteiger partial charge in [0.1, 0.15) is 5.82 Å². The molecule has 1 unspecified atom stereocenters. The second-order valence-electron chi connectivity index (χ2n) is 3.98. The van der Waals surface area contributed by atoms with Crippen LogP contribution in [0.1, 0.15) is 28.2 Å². The van der Waals surface area contributed by atoms with E-state index in [1.54, 1.807) is 0 Å². The zero-order chi connectivity index (χ0) is 14.7. The van der Waals surface area contributed by atoms with Crippen LogP contribution in [-0.4, -0.2) is 22.0 Å². The molecule has 2 rings (SSSR count). The Morgan fingerprint density at radius 3 is 2.45 bits per heavy atom. The van der Waals surface area contributed by atoms with Crippen molar-refractivity contribution < 1.29 is 18.4 Å². The first-order valence-corrected chi connectivity index (χ1v) is 5.63. The molecule has 0 saturated carbocycles. The lowest BCUT2D eigenvalue weighted by molar-refractivity contribution is -0.120. The van der Waals surface area contributed by atoms with Gasteiger partial charge < -0.3 is 15.5 Å². The SMILES string of the molecule is Cc1nnc(C(NC(=O)c2ccc(F)cc2)C(N)=O)o1. The Morgan fingerprint density at radius 2 is 1.95 bits per heavy atom. The summed E-state index contributed by atoms with van der Waals surface area (Å²) in [6, 6.07) is 3.58. The fourth-order valence-corrected chi connectivity index (χ4v) is 1.50. The van der Waals surface area contributed by atoms with Crippen molar-refractivity contribution in [3.8, 4) is 0 Å². The van der Waals surface area contributed by atoms with E-state index in [1.165, 1.54) is 19.1 Å². The molecule has 0 saturated heterocycles. The van der Waals surface area contributed by atoms with E-state index in [2.05, 4.69) is 15.5 Å². The number of rotatable bonds is 4. The highest BCUT2D eigenvalue weighted by Crippen LogP contribution is 2.12. The van der Waals surface area contributed by atoms with Gasteiger partial charge in [0.2, 0.25) is 17.7 Å². The number of hydrogen-bond acceptors (Lipinski definition) is 5. The fraction of sp³-hybridized carbons (Fsp3) is 0.167. The Kier molecular flexibility index (Phi) is 3.74. The third-order valence-electron chi connectivity index (χ3n) is 2.45. The third-order valence-corrected chi connectivity index (χ3v) is 2.45. The van der Waals surface area contributed by atoms with E-state index in [0.717, 1.165) is 12.1 Å².